The lowest BCUT2D eigenvalue weighted by molar-refractivity contribution is -0.155. The van der Waals surface area contributed by atoms with Gasteiger partial charge in [0.15, 0.2) is 0 Å². The van der Waals surface area contributed by atoms with E-state index in [1.54, 1.807) is 0 Å². The van der Waals surface area contributed by atoms with E-state index in [9.17, 15) is 23.6 Å². The lowest BCUT2D eigenvalue weighted by atomic mass is 9.80. The number of halogens is 1. The third-order valence-electron chi connectivity index (χ3n) is 8.75. The number of nitrogens with one attached hydrogen (secondary N) is 2. The number of benzene rings is 3. The quantitative estimate of drug-likeness (QED) is 0.131. The molecule has 2 N–H and O–H groups in total. The molecule has 1 aromatic heterocycles. The number of ether oxygens (including phenoxy) is 3. The number of aromatic amines is 1. The molecular formula is C38H42FN3O7. The number of aromatic nitrogens is 2. The van der Waals surface area contributed by atoms with E-state index < -0.39 is 47.1 Å². The zero-order valence-corrected chi connectivity index (χ0v) is 27.7. The minimum Gasteiger partial charge on any atom is -0.458 e. The number of H-pyrrole nitrogens is 1. The summed E-state index contributed by atoms with van der Waals surface area (Å²) < 4.78 is 34.3. The number of carbonyl (C=O) groups excluding carboxylic acids is 2. The molecule has 4 aromatic rings. The van der Waals surface area contributed by atoms with Gasteiger partial charge in [-0.05, 0) is 29.5 Å². The van der Waals surface area contributed by atoms with Crippen LogP contribution < -0.4 is 16.6 Å². The van der Waals surface area contributed by atoms with Gasteiger partial charge in [-0.2, -0.15) is 4.39 Å². The van der Waals surface area contributed by atoms with Crippen LogP contribution in [-0.4, -0.2) is 46.8 Å². The average molecular weight is 672 g/mol. The fourth-order valence-corrected chi connectivity index (χ4v) is 6.41. The third-order valence-corrected chi connectivity index (χ3v) is 8.75. The Morgan fingerprint density at radius 2 is 1.45 bits per heavy atom. The Hall–Kier alpha value is -4.87. The van der Waals surface area contributed by atoms with Gasteiger partial charge in [-0.25, -0.2) is 4.79 Å². The second-order valence-electron chi connectivity index (χ2n) is 12.1. The van der Waals surface area contributed by atoms with E-state index >= 15 is 0 Å². The molecule has 0 radical (unpaired) electrons. The van der Waals surface area contributed by atoms with Gasteiger partial charge in [0.05, 0.1) is 12.8 Å². The first-order valence-corrected chi connectivity index (χ1v) is 16.7. The molecule has 0 spiro atoms. The standard InChI is InChI=1S/C38H42FN3O7/c1-3-14-26(15-4-2)35(44)40-23-34(43)49-31-22-33(42-24-30(39)36(45)41-37(42)46)48-32(31)25-47-38(27-16-8-5-9-17-27,28-18-10-6-11-19-28)29-20-12-7-13-21-29/h5-13,16-21,24,26,31-33H,3-4,14-15,22-23,25H2,1-2H3,(H,40,44)(H,41,45,46)/t31-,32+,33+/m0/s1. The molecule has 1 fully saturated rings. The maximum atomic E-state index is 14.3. The topological polar surface area (TPSA) is 129 Å². The molecule has 5 rings (SSSR count). The summed E-state index contributed by atoms with van der Waals surface area (Å²) in [4.78, 5) is 52.4. The Balaban J connectivity index is 1.45. The maximum absolute atomic E-state index is 14.3. The van der Waals surface area contributed by atoms with Gasteiger partial charge in [0, 0.05) is 12.3 Å². The highest BCUT2D eigenvalue weighted by Crippen LogP contribution is 2.42. The van der Waals surface area contributed by atoms with Crippen molar-refractivity contribution < 1.29 is 28.2 Å². The Bertz CT molecular complexity index is 1690. The highest BCUT2D eigenvalue weighted by molar-refractivity contribution is 5.83. The van der Waals surface area contributed by atoms with Crippen molar-refractivity contribution in [2.75, 3.05) is 13.2 Å². The minimum atomic E-state index is -1.16. The molecule has 1 saturated heterocycles. The third kappa shape index (κ3) is 8.23. The molecule has 258 valence electrons. The zero-order chi connectivity index (χ0) is 34.8. The average Bonchev–Trinajstić information content (AvgIpc) is 3.52. The summed E-state index contributed by atoms with van der Waals surface area (Å²) in [6.45, 7) is 3.54. The summed E-state index contributed by atoms with van der Waals surface area (Å²) in [6.07, 6.45) is 0.885. The van der Waals surface area contributed by atoms with E-state index in [0.29, 0.717) is 12.8 Å². The van der Waals surface area contributed by atoms with Crippen LogP contribution in [0, 0.1) is 11.7 Å². The van der Waals surface area contributed by atoms with Gasteiger partial charge in [0.1, 0.15) is 30.6 Å². The van der Waals surface area contributed by atoms with Crippen molar-refractivity contribution in [3.63, 3.8) is 0 Å². The van der Waals surface area contributed by atoms with Crippen molar-refractivity contribution in [1.82, 2.24) is 14.9 Å². The summed E-state index contributed by atoms with van der Waals surface area (Å²) in [5.41, 5.74) is -0.633. The SMILES string of the molecule is CCCC(CCC)C(=O)NCC(=O)O[C@H]1C[C@H](n2cc(F)c(=O)[nH]c2=O)O[C@@H]1COC(c1ccccc1)(c1ccccc1)c1ccccc1. The molecule has 1 amide bonds. The Morgan fingerprint density at radius 1 is 0.918 bits per heavy atom. The second kappa shape index (κ2) is 16.5. The van der Waals surface area contributed by atoms with Gasteiger partial charge in [-0.1, -0.05) is 118 Å². The first-order valence-electron chi connectivity index (χ1n) is 16.7. The molecule has 0 unspecified atom stereocenters. The highest BCUT2D eigenvalue weighted by Gasteiger charge is 2.44. The van der Waals surface area contributed by atoms with Crippen molar-refractivity contribution in [2.24, 2.45) is 5.92 Å². The number of carbonyl (C=O) groups is 2. The first kappa shape index (κ1) is 35.4. The zero-order valence-electron chi connectivity index (χ0n) is 27.7. The predicted octanol–water partition coefficient (Wildman–Crippen LogP) is 5.22. The van der Waals surface area contributed by atoms with Crippen LogP contribution in [0.3, 0.4) is 0 Å². The van der Waals surface area contributed by atoms with E-state index in [1.807, 2.05) is 110 Å². The number of amides is 1. The molecule has 1 aliphatic rings. The van der Waals surface area contributed by atoms with E-state index in [-0.39, 0.29) is 31.4 Å². The lowest BCUT2D eigenvalue weighted by Gasteiger charge is -2.37. The van der Waals surface area contributed by atoms with Gasteiger partial charge in [0.2, 0.25) is 11.7 Å². The smallest absolute Gasteiger partial charge is 0.330 e. The van der Waals surface area contributed by atoms with Crippen LogP contribution in [0.4, 0.5) is 4.39 Å². The van der Waals surface area contributed by atoms with E-state index in [0.717, 1.165) is 40.3 Å². The van der Waals surface area contributed by atoms with Gasteiger partial charge in [-0.3, -0.25) is 23.9 Å². The molecule has 3 aromatic carbocycles. The highest BCUT2D eigenvalue weighted by atomic mass is 19.1. The van der Waals surface area contributed by atoms with Crippen LogP contribution in [0.25, 0.3) is 0 Å². The van der Waals surface area contributed by atoms with Crippen LogP contribution >= 0.6 is 0 Å². The summed E-state index contributed by atoms with van der Waals surface area (Å²) in [6, 6.07) is 29.0. The van der Waals surface area contributed by atoms with Crippen LogP contribution in [0.5, 0.6) is 0 Å². The first-order chi connectivity index (χ1) is 23.8. The number of nitrogens with zero attached hydrogens (tertiary/aromatic N) is 1. The molecule has 0 aliphatic carbocycles. The number of hydrogen-bond acceptors (Lipinski definition) is 7. The molecule has 2 heterocycles. The predicted molar refractivity (Wildman–Crippen MR) is 181 cm³/mol. The van der Waals surface area contributed by atoms with Crippen LogP contribution in [-0.2, 0) is 29.4 Å². The number of esters is 1. The summed E-state index contributed by atoms with van der Waals surface area (Å²) >= 11 is 0. The largest absolute Gasteiger partial charge is 0.458 e. The summed E-state index contributed by atoms with van der Waals surface area (Å²) in [5, 5.41) is 2.70. The minimum absolute atomic E-state index is 0.0393. The van der Waals surface area contributed by atoms with Crippen molar-refractivity contribution >= 4 is 11.9 Å². The lowest BCUT2D eigenvalue weighted by Crippen LogP contribution is -2.41. The van der Waals surface area contributed by atoms with Gasteiger partial charge < -0.3 is 19.5 Å². The molecule has 0 saturated carbocycles. The molecule has 49 heavy (non-hydrogen) atoms. The van der Waals surface area contributed by atoms with Crippen molar-refractivity contribution in [3.8, 4) is 0 Å². The summed E-state index contributed by atoms with van der Waals surface area (Å²) in [7, 11) is 0. The fourth-order valence-electron chi connectivity index (χ4n) is 6.41. The monoisotopic (exact) mass is 671 g/mol. The van der Waals surface area contributed by atoms with Gasteiger partial charge in [-0.15, -0.1) is 0 Å². The fraction of sp³-hybridized carbons (Fsp3) is 0.368. The molecule has 0 bridgehead atoms. The maximum Gasteiger partial charge on any atom is 0.330 e. The van der Waals surface area contributed by atoms with Crippen LogP contribution in [0.2, 0.25) is 0 Å². The van der Waals surface area contributed by atoms with Crippen molar-refractivity contribution in [2.45, 2.75) is 70.0 Å². The Kier molecular flexibility index (Phi) is 11.9. The van der Waals surface area contributed by atoms with E-state index in [1.165, 1.54) is 0 Å². The van der Waals surface area contributed by atoms with Crippen molar-refractivity contribution in [1.29, 1.82) is 0 Å². The van der Waals surface area contributed by atoms with Crippen molar-refractivity contribution in [3.05, 3.63) is 141 Å². The number of rotatable bonds is 15. The number of hydrogen-bond donors (Lipinski definition) is 2. The van der Waals surface area contributed by atoms with E-state index in [4.69, 9.17) is 14.2 Å². The van der Waals surface area contributed by atoms with Crippen LogP contribution in [0.15, 0.2) is 107 Å². The second-order valence-corrected chi connectivity index (χ2v) is 12.1. The molecule has 11 heteroatoms. The van der Waals surface area contributed by atoms with E-state index in [2.05, 4.69) is 5.32 Å². The molecule has 3 atom stereocenters. The Morgan fingerprint density at radius 3 is 1.96 bits per heavy atom. The van der Waals surface area contributed by atoms with Gasteiger partial charge >= 0.3 is 11.7 Å². The normalized spacial score (nSPS) is 17.6. The van der Waals surface area contributed by atoms with Gasteiger partial charge in [0.25, 0.3) is 5.56 Å². The van der Waals surface area contributed by atoms with Crippen LogP contribution in [0.1, 0.15) is 68.9 Å². The summed E-state index contributed by atoms with van der Waals surface area (Å²) in [5.74, 6) is -2.27. The molecule has 1 aliphatic heterocycles. The molecular weight excluding hydrogens is 629 g/mol. The Labute approximate surface area is 284 Å². The molecule has 10 nitrogen and oxygen atoms in total.